The first-order chi connectivity index (χ1) is 14.9. The van der Waals surface area contributed by atoms with Crippen LogP contribution in [0.2, 0.25) is 0 Å². The molecule has 1 aliphatic heterocycles. The van der Waals surface area contributed by atoms with Gasteiger partial charge in [-0.15, -0.1) is 0 Å². The average molecular weight is 427 g/mol. The van der Waals surface area contributed by atoms with Crippen LogP contribution < -0.4 is 15.5 Å². The summed E-state index contributed by atoms with van der Waals surface area (Å²) < 4.78 is 13.9. The van der Waals surface area contributed by atoms with Crippen molar-refractivity contribution >= 4 is 17.5 Å². The number of carbonyl (C=O) groups excluding carboxylic acids is 2. The molecule has 2 N–H and O–H groups in total. The number of carbonyl (C=O) groups is 2. The van der Waals surface area contributed by atoms with Gasteiger partial charge in [-0.3, -0.25) is 9.59 Å². The van der Waals surface area contributed by atoms with Crippen LogP contribution in [-0.4, -0.2) is 56.0 Å². The van der Waals surface area contributed by atoms with Crippen molar-refractivity contribution in [2.45, 2.75) is 26.4 Å². The number of rotatable bonds is 7. The lowest BCUT2D eigenvalue weighted by molar-refractivity contribution is -0.124. The third-order valence-corrected chi connectivity index (χ3v) is 5.64. The number of hydrogen-bond acceptors (Lipinski definition) is 4. The Morgan fingerprint density at radius 1 is 1.00 bits per heavy atom. The van der Waals surface area contributed by atoms with Crippen molar-refractivity contribution in [1.82, 2.24) is 15.5 Å². The van der Waals surface area contributed by atoms with Gasteiger partial charge in [0.25, 0.3) is 5.91 Å². The number of likely N-dealkylation sites (N-methyl/N-ethyl adjacent to an activating group) is 1. The molecule has 2 amide bonds. The van der Waals surface area contributed by atoms with Crippen molar-refractivity contribution in [2.24, 2.45) is 5.92 Å². The van der Waals surface area contributed by atoms with E-state index in [4.69, 9.17) is 0 Å². The van der Waals surface area contributed by atoms with Gasteiger partial charge in [0, 0.05) is 38.4 Å². The number of piperazine rings is 1. The predicted molar refractivity (Wildman–Crippen MR) is 120 cm³/mol. The molecule has 1 aliphatic rings. The Morgan fingerprint density at radius 3 is 2.32 bits per heavy atom. The van der Waals surface area contributed by atoms with Crippen LogP contribution in [0.5, 0.6) is 0 Å². The highest BCUT2D eigenvalue weighted by atomic mass is 19.1. The molecule has 1 unspecified atom stereocenters. The zero-order valence-corrected chi connectivity index (χ0v) is 18.4. The van der Waals surface area contributed by atoms with E-state index in [1.54, 1.807) is 6.07 Å². The molecule has 3 rings (SSSR count). The summed E-state index contributed by atoms with van der Waals surface area (Å²) in [7, 11) is 2.12. The maximum Gasteiger partial charge on any atom is 0.254 e. The third kappa shape index (κ3) is 5.82. The highest BCUT2D eigenvalue weighted by Crippen LogP contribution is 2.21. The molecule has 0 aliphatic carbocycles. The van der Waals surface area contributed by atoms with E-state index in [1.165, 1.54) is 18.2 Å². The number of anilines is 1. The molecule has 0 spiro atoms. The van der Waals surface area contributed by atoms with Crippen LogP contribution in [0.3, 0.4) is 0 Å². The molecule has 1 saturated heterocycles. The van der Waals surface area contributed by atoms with Crippen molar-refractivity contribution in [2.75, 3.05) is 38.1 Å². The Kier molecular flexibility index (Phi) is 7.63. The molecule has 1 heterocycles. The number of nitrogens with zero attached hydrogens (tertiary/aromatic N) is 2. The molecule has 2 aromatic rings. The molecule has 0 radical (unpaired) electrons. The molecule has 7 heteroatoms. The molecule has 166 valence electrons. The molecule has 31 heavy (non-hydrogen) atoms. The Morgan fingerprint density at radius 2 is 1.65 bits per heavy atom. The molecular weight excluding hydrogens is 395 g/mol. The van der Waals surface area contributed by atoms with Crippen LogP contribution >= 0.6 is 0 Å². The third-order valence-electron chi connectivity index (χ3n) is 5.64. The second-order valence-corrected chi connectivity index (χ2v) is 8.31. The van der Waals surface area contributed by atoms with E-state index in [1.807, 2.05) is 32.0 Å². The number of para-hydroxylation sites is 1. The standard InChI is InChI=1S/C24H31FN4O2/c1-17(2)22(27-23(30)19-9-5-6-10-20(19)25)24(31)26-16-18-8-4-7-11-21(18)29-14-12-28(3)13-15-29/h4-11,17,22H,12-16H2,1-3H3,(H,26,31)(H,27,30). The van der Waals surface area contributed by atoms with Gasteiger partial charge < -0.3 is 20.4 Å². The fraction of sp³-hybridized carbons (Fsp3) is 0.417. The molecule has 0 aromatic heterocycles. The van der Waals surface area contributed by atoms with Crippen LogP contribution in [0.25, 0.3) is 0 Å². The zero-order chi connectivity index (χ0) is 22.4. The average Bonchev–Trinajstić information content (AvgIpc) is 2.76. The summed E-state index contributed by atoms with van der Waals surface area (Å²) in [5, 5.41) is 5.64. The van der Waals surface area contributed by atoms with E-state index in [-0.39, 0.29) is 17.4 Å². The lowest BCUT2D eigenvalue weighted by Gasteiger charge is -2.35. The highest BCUT2D eigenvalue weighted by molar-refractivity contribution is 5.97. The predicted octanol–water partition coefficient (Wildman–Crippen LogP) is 2.65. The molecule has 0 saturated carbocycles. The molecule has 1 atom stereocenters. The van der Waals surface area contributed by atoms with E-state index in [0.29, 0.717) is 6.54 Å². The Bertz CT molecular complexity index is 910. The summed E-state index contributed by atoms with van der Waals surface area (Å²) in [6.45, 7) is 7.94. The number of halogens is 1. The van der Waals surface area contributed by atoms with Gasteiger partial charge in [-0.05, 0) is 36.7 Å². The normalized spacial score (nSPS) is 15.6. The summed E-state index contributed by atoms with van der Waals surface area (Å²) in [5.74, 6) is -1.63. The maximum atomic E-state index is 13.9. The van der Waals surface area contributed by atoms with Crippen molar-refractivity contribution in [3.63, 3.8) is 0 Å². The molecule has 6 nitrogen and oxygen atoms in total. The minimum absolute atomic E-state index is 0.0682. The van der Waals surface area contributed by atoms with Crippen LogP contribution in [0.1, 0.15) is 29.8 Å². The lowest BCUT2D eigenvalue weighted by atomic mass is 10.0. The van der Waals surface area contributed by atoms with Gasteiger partial charge in [0.15, 0.2) is 0 Å². The fourth-order valence-electron chi connectivity index (χ4n) is 3.71. The second-order valence-electron chi connectivity index (χ2n) is 8.31. The van der Waals surface area contributed by atoms with Crippen LogP contribution in [0.15, 0.2) is 48.5 Å². The number of nitrogens with one attached hydrogen (secondary N) is 2. The van der Waals surface area contributed by atoms with Gasteiger partial charge in [0.2, 0.25) is 5.91 Å². The Balaban J connectivity index is 1.66. The smallest absolute Gasteiger partial charge is 0.254 e. The van der Waals surface area contributed by atoms with Crippen LogP contribution in [-0.2, 0) is 11.3 Å². The first-order valence-corrected chi connectivity index (χ1v) is 10.7. The molecular formula is C24H31FN4O2. The quantitative estimate of drug-likeness (QED) is 0.715. The number of hydrogen-bond donors (Lipinski definition) is 2. The Hall–Kier alpha value is -2.93. The van der Waals surface area contributed by atoms with Gasteiger partial charge in [-0.2, -0.15) is 0 Å². The van der Waals surface area contributed by atoms with Crippen molar-refractivity contribution in [3.8, 4) is 0 Å². The Labute approximate surface area is 183 Å². The summed E-state index contributed by atoms with van der Waals surface area (Å²) in [6.07, 6.45) is 0. The van der Waals surface area contributed by atoms with E-state index >= 15 is 0 Å². The minimum Gasteiger partial charge on any atom is -0.369 e. The first-order valence-electron chi connectivity index (χ1n) is 10.7. The highest BCUT2D eigenvalue weighted by Gasteiger charge is 2.26. The van der Waals surface area contributed by atoms with E-state index in [9.17, 15) is 14.0 Å². The summed E-state index contributed by atoms with van der Waals surface area (Å²) >= 11 is 0. The van der Waals surface area contributed by atoms with Gasteiger partial charge in [0.05, 0.1) is 5.56 Å². The monoisotopic (exact) mass is 426 g/mol. The summed E-state index contributed by atoms with van der Waals surface area (Å²) in [6, 6.07) is 13.0. The first kappa shape index (κ1) is 22.7. The van der Waals surface area contributed by atoms with Gasteiger partial charge in [-0.25, -0.2) is 4.39 Å². The molecule has 2 aromatic carbocycles. The molecule has 0 bridgehead atoms. The van der Waals surface area contributed by atoms with Crippen molar-refractivity contribution in [3.05, 3.63) is 65.5 Å². The summed E-state index contributed by atoms with van der Waals surface area (Å²) in [4.78, 5) is 30.0. The van der Waals surface area contributed by atoms with Gasteiger partial charge in [-0.1, -0.05) is 44.2 Å². The maximum absolute atomic E-state index is 13.9. The number of benzene rings is 2. The van der Waals surface area contributed by atoms with Crippen molar-refractivity contribution < 1.29 is 14.0 Å². The minimum atomic E-state index is -0.761. The van der Waals surface area contributed by atoms with E-state index in [2.05, 4.69) is 33.5 Å². The van der Waals surface area contributed by atoms with E-state index < -0.39 is 17.8 Å². The van der Waals surface area contributed by atoms with Gasteiger partial charge in [0.1, 0.15) is 11.9 Å². The van der Waals surface area contributed by atoms with Crippen molar-refractivity contribution in [1.29, 1.82) is 0 Å². The fourth-order valence-corrected chi connectivity index (χ4v) is 3.71. The second kappa shape index (κ2) is 10.4. The SMILES string of the molecule is CC(C)C(NC(=O)c1ccccc1F)C(=O)NCc1ccccc1N1CCN(C)CC1. The van der Waals surface area contributed by atoms with Gasteiger partial charge >= 0.3 is 0 Å². The topological polar surface area (TPSA) is 64.7 Å². The number of amides is 2. The van der Waals surface area contributed by atoms with Crippen LogP contribution in [0.4, 0.5) is 10.1 Å². The van der Waals surface area contributed by atoms with Crippen LogP contribution in [0, 0.1) is 11.7 Å². The lowest BCUT2D eigenvalue weighted by Crippen LogP contribution is -2.49. The molecule has 1 fully saturated rings. The largest absolute Gasteiger partial charge is 0.369 e. The zero-order valence-electron chi connectivity index (χ0n) is 18.4. The summed E-state index contributed by atoms with van der Waals surface area (Å²) in [5.41, 5.74) is 2.08. The van der Waals surface area contributed by atoms with E-state index in [0.717, 1.165) is 37.4 Å².